The number of alkyl halides is 3. The minimum absolute atomic E-state index is 0.171. The van der Waals surface area contributed by atoms with Crippen LogP contribution in [0.25, 0.3) is 10.6 Å². The number of amides is 1. The summed E-state index contributed by atoms with van der Waals surface area (Å²) in [6.45, 7) is 2.49. The van der Waals surface area contributed by atoms with Crippen LogP contribution < -0.4 is 5.32 Å². The van der Waals surface area contributed by atoms with Gasteiger partial charge in [0.25, 0.3) is 5.91 Å². The van der Waals surface area contributed by atoms with E-state index in [9.17, 15) is 18.0 Å². The van der Waals surface area contributed by atoms with Gasteiger partial charge < -0.3 is 5.32 Å². The predicted molar refractivity (Wildman–Crippen MR) is 73.1 cm³/mol. The number of rotatable bonds is 3. The first-order chi connectivity index (χ1) is 9.79. The van der Waals surface area contributed by atoms with Crippen molar-refractivity contribution in [1.29, 1.82) is 0 Å². The third-order valence-corrected chi connectivity index (χ3v) is 3.96. The van der Waals surface area contributed by atoms with E-state index in [4.69, 9.17) is 0 Å². The van der Waals surface area contributed by atoms with E-state index >= 15 is 0 Å². The Morgan fingerprint density at radius 2 is 2.14 bits per heavy atom. The molecule has 0 aliphatic rings. The number of aromatic nitrogens is 2. The highest BCUT2D eigenvalue weighted by atomic mass is 32.1. The van der Waals surface area contributed by atoms with Crippen LogP contribution in [-0.4, -0.2) is 28.1 Å². The molecule has 2 heterocycles. The highest BCUT2D eigenvalue weighted by molar-refractivity contribution is 7.17. The Morgan fingerprint density at radius 1 is 1.43 bits per heavy atom. The van der Waals surface area contributed by atoms with Crippen LogP contribution in [0.5, 0.6) is 0 Å². The third-order valence-electron chi connectivity index (χ3n) is 2.75. The van der Waals surface area contributed by atoms with E-state index in [0.717, 1.165) is 18.3 Å². The van der Waals surface area contributed by atoms with E-state index in [1.165, 1.54) is 0 Å². The second-order valence-corrected chi connectivity index (χ2v) is 5.41. The highest BCUT2D eigenvalue weighted by Gasteiger charge is 2.37. The monoisotopic (exact) mass is 315 g/mol. The standard InChI is InChI=1S/C13H12F3N3OS/c1-7-10(11(20)19-8(2)13(14,15)16)21-12(18-7)9-4-3-5-17-6-9/h3-6,8H,1-2H3,(H,19,20). The van der Waals surface area contributed by atoms with Crippen molar-refractivity contribution >= 4 is 17.2 Å². The van der Waals surface area contributed by atoms with E-state index < -0.39 is 18.1 Å². The molecule has 0 fully saturated rings. The molecule has 1 atom stereocenters. The summed E-state index contributed by atoms with van der Waals surface area (Å²) in [6.07, 6.45) is -1.29. The fraction of sp³-hybridized carbons (Fsp3) is 0.308. The van der Waals surface area contributed by atoms with Crippen LogP contribution in [0.4, 0.5) is 13.2 Å². The van der Waals surface area contributed by atoms with Crippen LogP contribution >= 0.6 is 11.3 Å². The first kappa shape index (κ1) is 15.4. The normalized spacial score (nSPS) is 13.0. The van der Waals surface area contributed by atoms with Gasteiger partial charge in [0.15, 0.2) is 0 Å². The minimum atomic E-state index is -4.47. The summed E-state index contributed by atoms with van der Waals surface area (Å²) in [4.78, 5) is 20.2. The molecule has 1 amide bonds. The number of pyridine rings is 1. The van der Waals surface area contributed by atoms with Crippen molar-refractivity contribution < 1.29 is 18.0 Å². The molecule has 0 aliphatic carbocycles. The molecule has 4 nitrogen and oxygen atoms in total. The van der Waals surface area contributed by atoms with E-state index in [0.29, 0.717) is 16.3 Å². The summed E-state index contributed by atoms with van der Waals surface area (Å²) < 4.78 is 37.4. The maximum atomic E-state index is 12.5. The van der Waals surface area contributed by atoms with Crippen LogP contribution in [0.2, 0.25) is 0 Å². The van der Waals surface area contributed by atoms with Crippen molar-refractivity contribution in [1.82, 2.24) is 15.3 Å². The van der Waals surface area contributed by atoms with Crippen LogP contribution in [0.1, 0.15) is 22.3 Å². The highest BCUT2D eigenvalue weighted by Crippen LogP contribution is 2.28. The summed E-state index contributed by atoms with van der Waals surface area (Å²) in [6, 6.07) is 1.58. The molecule has 0 aromatic carbocycles. The van der Waals surface area contributed by atoms with Gasteiger partial charge in [-0.3, -0.25) is 9.78 Å². The van der Waals surface area contributed by atoms with E-state index in [1.54, 1.807) is 31.5 Å². The Hall–Kier alpha value is -1.96. The lowest BCUT2D eigenvalue weighted by Gasteiger charge is -2.16. The van der Waals surface area contributed by atoms with Gasteiger partial charge in [0.2, 0.25) is 0 Å². The Morgan fingerprint density at radius 3 is 2.71 bits per heavy atom. The van der Waals surface area contributed by atoms with Crippen molar-refractivity contribution in [3.05, 3.63) is 35.1 Å². The van der Waals surface area contributed by atoms with Gasteiger partial charge in [0.05, 0.1) is 5.69 Å². The number of carbonyl (C=O) groups excluding carboxylic acids is 1. The second kappa shape index (κ2) is 5.80. The largest absolute Gasteiger partial charge is 0.408 e. The Bertz CT molecular complexity index is 640. The lowest BCUT2D eigenvalue weighted by molar-refractivity contribution is -0.149. The molecule has 0 spiro atoms. The van der Waals surface area contributed by atoms with Crippen molar-refractivity contribution in [2.75, 3.05) is 0 Å². The Kier molecular flexibility index (Phi) is 4.26. The molecule has 0 saturated heterocycles. The summed E-state index contributed by atoms with van der Waals surface area (Å²) in [5.41, 5.74) is 1.11. The quantitative estimate of drug-likeness (QED) is 0.946. The number of hydrogen-bond acceptors (Lipinski definition) is 4. The van der Waals surface area contributed by atoms with E-state index in [2.05, 4.69) is 9.97 Å². The summed E-state index contributed by atoms with van der Waals surface area (Å²) in [5, 5.41) is 2.48. The van der Waals surface area contributed by atoms with Crippen molar-refractivity contribution in [3.8, 4) is 10.6 Å². The molecule has 112 valence electrons. The van der Waals surface area contributed by atoms with Crippen LogP contribution in [0.3, 0.4) is 0 Å². The zero-order valence-electron chi connectivity index (χ0n) is 11.2. The zero-order chi connectivity index (χ0) is 15.6. The number of nitrogens with zero attached hydrogens (tertiary/aromatic N) is 2. The molecule has 21 heavy (non-hydrogen) atoms. The predicted octanol–water partition coefficient (Wildman–Crippen LogP) is 3.19. The van der Waals surface area contributed by atoms with Gasteiger partial charge in [-0.1, -0.05) is 0 Å². The molecule has 2 aromatic heterocycles. The average Bonchev–Trinajstić information content (AvgIpc) is 2.81. The van der Waals surface area contributed by atoms with Crippen molar-refractivity contribution in [3.63, 3.8) is 0 Å². The van der Waals surface area contributed by atoms with Gasteiger partial charge in [0, 0.05) is 18.0 Å². The summed E-state index contributed by atoms with van der Waals surface area (Å²) >= 11 is 1.04. The molecular formula is C13H12F3N3OS. The zero-order valence-corrected chi connectivity index (χ0v) is 12.0. The molecule has 8 heteroatoms. The Balaban J connectivity index is 2.22. The van der Waals surface area contributed by atoms with Gasteiger partial charge in [-0.15, -0.1) is 11.3 Å². The molecule has 2 aromatic rings. The lowest BCUT2D eigenvalue weighted by atomic mass is 10.3. The molecule has 0 aliphatic heterocycles. The number of halogens is 3. The van der Waals surface area contributed by atoms with Gasteiger partial charge in [-0.25, -0.2) is 4.98 Å². The first-order valence-corrected chi connectivity index (χ1v) is 6.86. The number of thiazole rings is 1. The number of nitrogens with one attached hydrogen (secondary N) is 1. The molecule has 2 rings (SSSR count). The van der Waals surface area contributed by atoms with E-state index in [1.807, 2.05) is 5.32 Å². The van der Waals surface area contributed by atoms with Gasteiger partial charge >= 0.3 is 6.18 Å². The van der Waals surface area contributed by atoms with Crippen molar-refractivity contribution in [2.45, 2.75) is 26.1 Å². The molecule has 0 saturated carbocycles. The van der Waals surface area contributed by atoms with Gasteiger partial charge in [-0.2, -0.15) is 13.2 Å². The minimum Gasteiger partial charge on any atom is -0.340 e. The SMILES string of the molecule is Cc1nc(-c2cccnc2)sc1C(=O)NC(C)C(F)(F)F. The van der Waals surface area contributed by atoms with E-state index in [-0.39, 0.29) is 4.88 Å². The first-order valence-electron chi connectivity index (χ1n) is 6.04. The lowest BCUT2D eigenvalue weighted by Crippen LogP contribution is -2.43. The fourth-order valence-electron chi connectivity index (χ4n) is 1.56. The molecule has 0 radical (unpaired) electrons. The average molecular weight is 315 g/mol. The molecular weight excluding hydrogens is 303 g/mol. The fourth-order valence-corrected chi connectivity index (χ4v) is 2.52. The van der Waals surface area contributed by atoms with Crippen LogP contribution in [0, 0.1) is 6.92 Å². The molecule has 0 bridgehead atoms. The maximum absolute atomic E-state index is 12.5. The summed E-state index contributed by atoms with van der Waals surface area (Å²) in [7, 11) is 0. The maximum Gasteiger partial charge on any atom is 0.408 e. The van der Waals surface area contributed by atoms with Crippen molar-refractivity contribution in [2.24, 2.45) is 0 Å². The number of aryl methyl sites for hydroxylation is 1. The third kappa shape index (κ3) is 3.57. The topological polar surface area (TPSA) is 54.9 Å². The second-order valence-electron chi connectivity index (χ2n) is 4.41. The van der Waals surface area contributed by atoms with Crippen LogP contribution in [-0.2, 0) is 0 Å². The van der Waals surface area contributed by atoms with Gasteiger partial charge in [-0.05, 0) is 26.0 Å². The number of carbonyl (C=O) groups is 1. The van der Waals surface area contributed by atoms with Crippen LogP contribution in [0.15, 0.2) is 24.5 Å². The molecule has 1 unspecified atom stereocenters. The molecule has 1 N–H and O–H groups in total. The van der Waals surface area contributed by atoms with Gasteiger partial charge in [0.1, 0.15) is 15.9 Å². The number of hydrogen-bond donors (Lipinski definition) is 1. The Labute approximate surface area is 123 Å². The summed E-state index contributed by atoms with van der Waals surface area (Å²) in [5.74, 6) is -0.773. The smallest absolute Gasteiger partial charge is 0.340 e.